The van der Waals surface area contributed by atoms with Crippen LogP contribution in [0.4, 0.5) is 16.3 Å². The summed E-state index contributed by atoms with van der Waals surface area (Å²) in [6, 6.07) is 4.60. The van der Waals surface area contributed by atoms with Crippen LogP contribution in [0, 0.1) is 0 Å². The molecule has 2 aromatic rings. The van der Waals surface area contributed by atoms with Crippen LogP contribution in [0.1, 0.15) is 23.3 Å². The van der Waals surface area contributed by atoms with Crippen molar-refractivity contribution < 1.29 is 14.7 Å². The van der Waals surface area contributed by atoms with Crippen LogP contribution in [0.3, 0.4) is 0 Å². The first kappa shape index (κ1) is 16.9. The molecular formula is C16H20N6O3. The van der Waals surface area contributed by atoms with Gasteiger partial charge in [-0.1, -0.05) is 0 Å². The van der Waals surface area contributed by atoms with Crippen molar-refractivity contribution in [1.82, 2.24) is 19.7 Å². The minimum Gasteiger partial charge on any atom is -0.393 e. The number of anilines is 2. The van der Waals surface area contributed by atoms with E-state index in [4.69, 9.17) is 0 Å². The molecule has 1 fully saturated rings. The first-order chi connectivity index (χ1) is 12.0. The molecule has 9 nitrogen and oxygen atoms in total. The van der Waals surface area contributed by atoms with Gasteiger partial charge in [-0.05, 0) is 25.0 Å². The van der Waals surface area contributed by atoms with Crippen LogP contribution >= 0.6 is 0 Å². The molecule has 0 unspecified atom stereocenters. The van der Waals surface area contributed by atoms with Crippen molar-refractivity contribution in [1.29, 1.82) is 0 Å². The van der Waals surface area contributed by atoms with Gasteiger partial charge in [0.15, 0.2) is 5.82 Å². The summed E-state index contributed by atoms with van der Waals surface area (Å²) >= 11 is 0. The third kappa shape index (κ3) is 4.13. The molecule has 0 bridgehead atoms. The van der Waals surface area contributed by atoms with E-state index in [1.165, 1.54) is 10.7 Å². The Morgan fingerprint density at radius 1 is 1.20 bits per heavy atom. The number of likely N-dealkylation sites (tertiary alicyclic amines) is 1. The van der Waals surface area contributed by atoms with Gasteiger partial charge in [0, 0.05) is 44.3 Å². The highest BCUT2D eigenvalue weighted by molar-refractivity contribution is 6.04. The Hall–Kier alpha value is -2.94. The SMILES string of the molecule is Cn1nc(NC(=O)N2CCC(O)CC2)cc1C(=O)Nc1ccncc1. The van der Waals surface area contributed by atoms with Gasteiger partial charge in [-0.25, -0.2) is 4.79 Å². The predicted octanol–water partition coefficient (Wildman–Crippen LogP) is 1.06. The number of rotatable bonds is 3. The molecule has 132 valence electrons. The highest BCUT2D eigenvalue weighted by Crippen LogP contribution is 2.14. The lowest BCUT2D eigenvalue weighted by Gasteiger charge is -2.29. The highest BCUT2D eigenvalue weighted by atomic mass is 16.3. The van der Waals surface area contributed by atoms with Crippen molar-refractivity contribution in [2.75, 3.05) is 23.7 Å². The second-order valence-electron chi connectivity index (χ2n) is 5.88. The van der Waals surface area contributed by atoms with Crippen molar-refractivity contribution in [3.8, 4) is 0 Å². The lowest BCUT2D eigenvalue weighted by Crippen LogP contribution is -2.42. The second kappa shape index (κ2) is 7.31. The number of aryl methyl sites for hydroxylation is 1. The second-order valence-corrected chi connectivity index (χ2v) is 5.88. The molecule has 3 amide bonds. The van der Waals surface area contributed by atoms with Gasteiger partial charge in [0.2, 0.25) is 0 Å². The Bertz CT molecular complexity index is 752. The van der Waals surface area contributed by atoms with E-state index in [1.807, 2.05) is 0 Å². The number of aromatic nitrogens is 3. The minimum absolute atomic E-state index is 0.286. The lowest BCUT2D eigenvalue weighted by atomic mass is 10.1. The van der Waals surface area contributed by atoms with E-state index in [0.717, 1.165) is 0 Å². The number of carbonyl (C=O) groups excluding carboxylic acids is 2. The average molecular weight is 344 g/mol. The molecule has 1 aliphatic rings. The summed E-state index contributed by atoms with van der Waals surface area (Å²) in [4.78, 5) is 30.1. The Morgan fingerprint density at radius 3 is 2.56 bits per heavy atom. The van der Waals surface area contributed by atoms with Crippen LogP contribution in [0.15, 0.2) is 30.6 Å². The van der Waals surface area contributed by atoms with Crippen LogP contribution in [0.25, 0.3) is 0 Å². The Balaban J connectivity index is 1.63. The number of piperidine rings is 1. The van der Waals surface area contributed by atoms with Gasteiger partial charge < -0.3 is 15.3 Å². The maximum Gasteiger partial charge on any atom is 0.323 e. The molecule has 9 heteroatoms. The van der Waals surface area contributed by atoms with Gasteiger partial charge in [-0.15, -0.1) is 0 Å². The number of nitrogens with one attached hydrogen (secondary N) is 2. The first-order valence-electron chi connectivity index (χ1n) is 8.02. The van der Waals surface area contributed by atoms with Gasteiger partial charge in [0.05, 0.1) is 6.10 Å². The van der Waals surface area contributed by atoms with Gasteiger partial charge in [0.1, 0.15) is 5.69 Å². The maximum atomic E-state index is 12.3. The quantitative estimate of drug-likeness (QED) is 0.770. The topological polar surface area (TPSA) is 112 Å². The van der Waals surface area contributed by atoms with E-state index < -0.39 is 0 Å². The fraction of sp³-hybridized carbons (Fsp3) is 0.375. The first-order valence-corrected chi connectivity index (χ1v) is 8.02. The van der Waals surface area contributed by atoms with E-state index in [9.17, 15) is 14.7 Å². The Labute approximate surface area is 144 Å². The molecule has 1 saturated heterocycles. The van der Waals surface area contributed by atoms with Crippen LogP contribution in [0.5, 0.6) is 0 Å². The number of aliphatic hydroxyl groups excluding tert-OH is 1. The molecule has 0 atom stereocenters. The summed E-state index contributed by atoms with van der Waals surface area (Å²) in [6.45, 7) is 0.991. The van der Waals surface area contributed by atoms with Crippen LogP contribution in [-0.4, -0.2) is 55.9 Å². The fourth-order valence-corrected chi connectivity index (χ4v) is 2.63. The smallest absolute Gasteiger partial charge is 0.323 e. The van der Waals surface area contributed by atoms with E-state index >= 15 is 0 Å². The molecule has 3 rings (SSSR count). The van der Waals surface area contributed by atoms with E-state index in [1.54, 1.807) is 36.5 Å². The van der Waals surface area contributed by atoms with Gasteiger partial charge in [0.25, 0.3) is 5.91 Å². The number of amides is 3. The number of nitrogens with zero attached hydrogens (tertiary/aromatic N) is 4. The van der Waals surface area contributed by atoms with Crippen LogP contribution in [0.2, 0.25) is 0 Å². The fourth-order valence-electron chi connectivity index (χ4n) is 2.63. The normalized spacial score (nSPS) is 15.0. The molecule has 3 heterocycles. The number of aliphatic hydroxyl groups is 1. The predicted molar refractivity (Wildman–Crippen MR) is 91.2 cm³/mol. The van der Waals surface area contributed by atoms with Crippen LogP contribution < -0.4 is 10.6 Å². The third-order valence-corrected chi connectivity index (χ3v) is 4.04. The zero-order valence-corrected chi connectivity index (χ0v) is 13.8. The van der Waals surface area contributed by atoms with Crippen molar-refractivity contribution in [2.45, 2.75) is 18.9 Å². The van der Waals surface area contributed by atoms with Gasteiger partial charge >= 0.3 is 6.03 Å². The van der Waals surface area contributed by atoms with Crippen molar-refractivity contribution in [2.24, 2.45) is 7.05 Å². The summed E-state index contributed by atoms with van der Waals surface area (Å²) in [7, 11) is 1.63. The number of pyridine rings is 1. The zero-order valence-electron chi connectivity index (χ0n) is 13.8. The summed E-state index contributed by atoms with van der Waals surface area (Å²) in [5, 5.41) is 19.1. The molecule has 3 N–H and O–H groups in total. The van der Waals surface area contributed by atoms with Crippen molar-refractivity contribution in [3.05, 3.63) is 36.3 Å². The minimum atomic E-state index is -0.345. The number of hydrogen-bond donors (Lipinski definition) is 3. The molecule has 0 aromatic carbocycles. The van der Waals surface area contributed by atoms with Crippen LogP contribution in [-0.2, 0) is 7.05 Å². The zero-order chi connectivity index (χ0) is 17.8. The van der Waals surface area contributed by atoms with Gasteiger partial charge in [-0.3, -0.25) is 19.8 Å². The molecule has 1 aliphatic heterocycles. The number of hydrogen-bond acceptors (Lipinski definition) is 5. The van der Waals surface area contributed by atoms with Crippen molar-refractivity contribution in [3.63, 3.8) is 0 Å². The molecule has 0 spiro atoms. The Morgan fingerprint density at radius 2 is 1.88 bits per heavy atom. The molecule has 0 radical (unpaired) electrons. The summed E-state index contributed by atoms with van der Waals surface area (Å²) < 4.78 is 1.41. The standard InChI is InChI=1S/C16H20N6O3/c1-21-13(15(24)18-11-2-6-17-7-3-11)10-14(20-21)19-16(25)22-8-4-12(23)5-9-22/h2-3,6-7,10,12,23H,4-5,8-9H2,1H3,(H,17,18,24)(H,19,20,25). The summed E-state index contributed by atoms with van der Waals surface area (Å²) in [5.41, 5.74) is 0.944. The Kier molecular flexibility index (Phi) is 4.94. The summed E-state index contributed by atoms with van der Waals surface area (Å²) in [5.74, 6) is -0.0266. The number of urea groups is 1. The monoisotopic (exact) mass is 344 g/mol. The van der Waals surface area contributed by atoms with Crippen molar-refractivity contribution >= 4 is 23.4 Å². The molecule has 2 aromatic heterocycles. The molecular weight excluding hydrogens is 324 g/mol. The maximum absolute atomic E-state index is 12.3. The highest BCUT2D eigenvalue weighted by Gasteiger charge is 2.22. The lowest BCUT2D eigenvalue weighted by molar-refractivity contribution is 0.0970. The largest absolute Gasteiger partial charge is 0.393 e. The van der Waals surface area contributed by atoms with Gasteiger partial charge in [-0.2, -0.15) is 5.10 Å². The molecule has 25 heavy (non-hydrogen) atoms. The average Bonchev–Trinajstić information content (AvgIpc) is 2.96. The van der Waals surface area contributed by atoms with E-state index in [2.05, 4.69) is 20.7 Å². The number of carbonyl (C=O) groups is 2. The van der Waals surface area contributed by atoms with E-state index in [0.29, 0.717) is 43.1 Å². The molecule has 0 aliphatic carbocycles. The molecule has 0 saturated carbocycles. The summed E-state index contributed by atoms with van der Waals surface area (Å²) in [6.07, 6.45) is 3.95. The van der Waals surface area contributed by atoms with E-state index in [-0.39, 0.29) is 18.0 Å². The third-order valence-electron chi connectivity index (χ3n) is 4.04.